The van der Waals surface area contributed by atoms with Gasteiger partial charge in [-0.15, -0.1) is 0 Å². The first-order chi connectivity index (χ1) is 6.84. The van der Waals surface area contributed by atoms with Crippen LogP contribution in [0.5, 0.6) is 0 Å². The van der Waals surface area contributed by atoms with Gasteiger partial charge >= 0.3 is 0 Å². The number of aliphatic hydroxyl groups is 1. The molecule has 0 spiro atoms. The maximum Gasteiger partial charge on any atom is 0.155 e. The predicted octanol–water partition coefficient (Wildman–Crippen LogP) is 2.05. The molecule has 1 fully saturated rings. The molecule has 1 saturated heterocycles. The molecular formula is C12H14O2. The Morgan fingerprint density at radius 2 is 2.07 bits per heavy atom. The zero-order valence-corrected chi connectivity index (χ0v) is 7.97. The van der Waals surface area contributed by atoms with E-state index < -0.39 is 6.29 Å². The topological polar surface area (TPSA) is 29.5 Å². The Balaban J connectivity index is 1.94. The molecule has 0 bridgehead atoms. The van der Waals surface area contributed by atoms with Crippen LogP contribution in [0.25, 0.3) is 6.08 Å². The first kappa shape index (κ1) is 9.44. The van der Waals surface area contributed by atoms with Crippen molar-refractivity contribution in [3.05, 3.63) is 42.0 Å². The molecule has 14 heavy (non-hydrogen) atoms. The van der Waals surface area contributed by atoms with Gasteiger partial charge in [-0.05, 0) is 5.56 Å². The molecule has 1 heterocycles. The van der Waals surface area contributed by atoms with Crippen LogP contribution in [0.4, 0.5) is 0 Å². The number of rotatable bonds is 2. The van der Waals surface area contributed by atoms with Gasteiger partial charge in [-0.25, -0.2) is 0 Å². The standard InChI is InChI=1S/C12H14O2/c13-12-8-11(9-14-12)7-6-10-4-2-1-3-5-10/h1-7,11-13H,8-9H2/b7-6+/t11-,12?/m0/s1. The summed E-state index contributed by atoms with van der Waals surface area (Å²) in [6, 6.07) is 10.1. The second-order valence-corrected chi connectivity index (χ2v) is 3.55. The highest BCUT2D eigenvalue weighted by atomic mass is 16.6. The van der Waals surface area contributed by atoms with Crippen molar-refractivity contribution in [1.82, 2.24) is 0 Å². The third-order valence-electron chi connectivity index (χ3n) is 2.37. The summed E-state index contributed by atoms with van der Waals surface area (Å²) in [5, 5.41) is 9.14. The van der Waals surface area contributed by atoms with Crippen LogP contribution in [0.2, 0.25) is 0 Å². The number of benzene rings is 1. The van der Waals surface area contributed by atoms with E-state index in [1.807, 2.05) is 18.2 Å². The SMILES string of the molecule is OC1C[C@H](/C=C/c2ccccc2)CO1. The Bertz CT molecular complexity index is 305. The van der Waals surface area contributed by atoms with Crippen molar-refractivity contribution in [2.75, 3.05) is 6.61 Å². The first-order valence-corrected chi connectivity index (χ1v) is 4.87. The Morgan fingerprint density at radius 1 is 1.29 bits per heavy atom. The molecule has 74 valence electrons. The third kappa shape index (κ3) is 2.44. The molecule has 2 nitrogen and oxygen atoms in total. The highest BCUT2D eigenvalue weighted by Gasteiger charge is 2.20. The lowest BCUT2D eigenvalue weighted by atomic mass is 10.1. The van der Waals surface area contributed by atoms with Crippen molar-refractivity contribution in [1.29, 1.82) is 0 Å². The van der Waals surface area contributed by atoms with Gasteiger partial charge in [0, 0.05) is 12.3 Å². The Hall–Kier alpha value is -1.12. The molecule has 1 aromatic carbocycles. The fourth-order valence-electron chi connectivity index (χ4n) is 1.58. The van der Waals surface area contributed by atoms with Gasteiger partial charge in [-0.2, -0.15) is 0 Å². The van der Waals surface area contributed by atoms with Crippen molar-refractivity contribution in [3.63, 3.8) is 0 Å². The predicted molar refractivity (Wildman–Crippen MR) is 55.5 cm³/mol. The van der Waals surface area contributed by atoms with Crippen molar-refractivity contribution in [2.45, 2.75) is 12.7 Å². The second-order valence-electron chi connectivity index (χ2n) is 3.55. The number of hydrogen-bond acceptors (Lipinski definition) is 2. The maximum absolute atomic E-state index is 9.14. The number of hydrogen-bond donors (Lipinski definition) is 1. The molecule has 0 aromatic heterocycles. The van der Waals surface area contributed by atoms with Crippen LogP contribution in [0.3, 0.4) is 0 Å². The van der Waals surface area contributed by atoms with Crippen LogP contribution >= 0.6 is 0 Å². The van der Waals surface area contributed by atoms with E-state index >= 15 is 0 Å². The van der Waals surface area contributed by atoms with E-state index in [1.165, 1.54) is 5.56 Å². The van der Waals surface area contributed by atoms with Gasteiger partial charge in [0.25, 0.3) is 0 Å². The van der Waals surface area contributed by atoms with E-state index in [-0.39, 0.29) is 0 Å². The lowest BCUT2D eigenvalue weighted by Crippen LogP contribution is -2.00. The van der Waals surface area contributed by atoms with Gasteiger partial charge in [-0.3, -0.25) is 0 Å². The van der Waals surface area contributed by atoms with Crippen LogP contribution in [0.1, 0.15) is 12.0 Å². The molecular weight excluding hydrogens is 176 g/mol. The highest BCUT2D eigenvalue weighted by molar-refractivity contribution is 5.49. The fourth-order valence-corrected chi connectivity index (χ4v) is 1.58. The lowest BCUT2D eigenvalue weighted by molar-refractivity contribution is -0.0590. The normalized spacial score (nSPS) is 27.2. The average Bonchev–Trinajstić information content (AvgIpc) is 2.63. The summed E-state index contributed by atoms with van der Waals surface area (Å²) in [4.78, 5) is 0. The summed E-state index contributed by atoms with van der Waals surface area (Å²) in [5.41, 5.74) is 1.19. The minimum absolute atomic E-state index is 0.352. The maximum atomic E-state index is 9.14. The molecule has 0 saturated carbocycles. The number of aliphatic hydroxyl groups excluding tert-OH is 1. The van der Waals surface area contributed by atoms with Gasteiger partial charge in [0.15, 0.2) is 6.29 Å². The van der Waals surface area contributed by atoms with Gasteiger partial charge in [0.1, 0.15) is 0 Å². The smallest absolute Gasteiger partial charge is 0.155 e. The van der Waals surface area contributed by atoms with E-state index in [9.17, 15) is 0 Å². The second kappa shape index (κ2) is 4.40. The minimum atomic E-state index is -0.569. The van der Waals surface area contributed by atoms with Gasteiger partial charge in [-0.1, -0.05) is 42.5 Å². The van der Waals surface area contributed by atoms with Gasteiger partial charge < -0.3 is 9.84 Å². The molecule has 1 aliphatic rings. The van der Waals surface area contributed by atoms with Crippen LogP contribution in [-0.4, -0.2) is 18.0 Å². The largest absolute Gasteiger partial charge is 0.368 e. The summed E-state index contributed by atoms with van der Waals surface area (Å²) in [5.74, 6) is 0.352. The third-order valence-corrected chi connectivity index (χ3v) is 2.37. The molecule has 0 radical (unpaired) electrons. The van der Waals surface area contributed by atoms with E-state index in [4.69, 9.17) is 9.84 Å². The molecule has 1 aliphatic heterocycles. The van der Waals surface area contributed by atoms with Crippen LogP contribution in [0, 0.1) is 5.92 Å². The van der Waals surface area contributed by atoms with Crippen LogP contribution in [-0.2, 0) is 4.74 Å². The Morgan fingerprint density at radius 3 is 2.71 bits per heavy atom. The molecule has 1 aromatic rings. The van der Waals surface area contributed by atoms with E-state index in [1.54, 1.807) is 0 Å². The zero-order valence-electron chi connectivity index (χ0n) is 7.97. The summed E-state index contributed by atoms with van der Waals surface area (Å²) in [7, 11) is 0. The quantitative estimate of drug-likeness (QED) is 0.773. The van der Waals surface area contributed by atoms with Gasteiger partial charge in [0.05, 0.1) is 6.61 Å². The summed E-state index contributed by atoms with van der Waals surface area (Å²) >= 11 is 0. The summed E-state index contributed by atoms with van der Waals surface area (Å²) in [6.07, 6.45) is 4.32. The first-order valence-electron chi connectivity index (χ1n) is 4.87. The molecule has 2 heteroatoms. The lowest BCUT2D eigenvalue weighted by Gasteiger charge is -1.98. The molecule has 1 unspecified atom stereocenters. The van der Waals surface area contributed by atoms with Crippen LogP contribution < -0.4 is 0 Å². The van der Waals surface area contributed by atoms with E-state index in [2.05, 4.69) is 24.3 Å². The van der Waals surface area contributed by atoms with Crippen LogP contribution in [0.15, 0.2) is 36.4 Å². The van der Waals surface area contributed by atoms with Crippen molar-refractivity contribution >= 4 is 6.08 Å². The molecule has 2 rings (SSSR count). The molecule has 0 amide bonds. The highest BCUT2D eigenvalue weighted by Crippen LogP contribution is 2.19. The number of ether oxygens (including phenoxy) is 1. The fraction of sp³-hybridized carbons (Fsp3) is 0.333. The molecule has 1 N–H and O–H groups in total. The van der Waals surface area contributed by atoms with Gasteiger partial charge in [0.2, 0.25) is 0 Å². The zero-order chi connectivity index (χ0) is 9.80. The van der Waals surface area contributed by atoms with Crippen molar-refractivity contribution < 1.29 is 9.84 Å². The molecule has 2 atom stereocenters. The summed E-state index contributed by atoms with van der Waals surface area (Å²) < 4.78 is 5.06. The van der Waals surface area contributed by atoms with Crippen molar-refractivity contribution in [2.24, 2.45) is 5.92 Å². The molecule has 0 aliphatic carbocycles. The monoisotopic (exact) mass is 190 g/mol. The minimum Gasteiger partial charge on any atom is -0.368 e. The Kier molecular flexibility index (Phi) is 2.96. The summed E-state index contributed by atoms with van der Waals surface area (Å²) in [6.45, 7) is 0.629. The Labute approximate surface area is 83.8 Å². The van der Waals surface area contributed by atoms with Crippen molar-refractivity contribution in [3.8, 4) is 0 Å². The van der Waals surface area contributed by atoms with E-state index in [0.29, 0.717) is 18.9 Å². The average molecular weight is 190 g/mol. The van der Waals surface area contributed by atoms with E-state index in [0.717, 1.165) is 0 Å².